The Morgan fingerprint density at radius 1 is 0.426 bits per heavy atom. The van der Waals surface area contributed by atoms with Gasteiger partial charge in [-0.1, -0.05) is 151 Å². The second-order valence-corrected chi connectivity index (χ2v) is 13.2. The highest BCUT2D eigenvalue weighted by molar-refractivity contribution is 7.99. The van der Waals surface area contributed by atoms with Gasteiger partial charge in [-0.2, -0.15) is 0 Å². The predicted octanol–water partition coefficient (Wildman–Crippen LogP) is 11.5. The van der Waals surface area contributed by atoms with Crippen LogP contribution in [-0.2, 0) is 12.8 Å². The van der Waals surface area contributed by atoms with Crippen molar-refractivity contribution in [2.75, 3.05) is 0 Å². The van der Waals surface area contributed by atoms with Gasteiger partial charge in [-0.05, 0) is 70.0 Å². The van der Waals surface area contributed by atoms with Crippen molar-refractivity contribution in [1.29, 1.82) is 0 Å². The smallest absolute Gasteiger partial charge is 0.160 e. The molecule has 6 aromatic carbocycles. The third-order valence-corrected chi connectivity index (χ3v) is 10.4. The van der Waals surface area contributed by atoms with Crippen LogP contribution in [0.5, 0.6) is 0 Å². The van der Waals surface area contributed by atoms with E-state index in [1.807, 2.05) is 11.8 Å². The Kier molecular flexibility index (Phi) is 6.91. The number of benzene rings is 6. The fourth-order valence-electron chi connectivity index (χ4n) is 6.78. The number of hydrogen-bond donors (Lipinski definition) is 0. The van der Waals surface area contributed by atoms with Crippen LogP contribution in [0.25, 0.3) is 68.3 Å². The van der Waals surface area contributed by atoms with E-state index in [4.69, 9.17) is 9.97 Å². The maximum Gasteiger partial charge on any atom is 0.160 e. The molecule has 47 heavy (non-hydrogen) atoms. The van der Waals surface area contributed by atoms with Crippen LogP contribution in [0.15, 0.2) is 155 Å². The van der Waals surface area contributed by atoms with E-state index in [1.54, 1.807) is 0 Å². The molecule has 3 heteroatoms. The van der Waals surface area contributed by atoms with Crippen molar-refractivity contribution in [3.8, 4) is 56.2 Å². The molecule has 0 bridgehead atoms. The maximum atomic E-state index is 5.21. The Bertz CT molecular complexity index is 2300. The lowest BCUT2D eigenvalue weighted by atomic mass is 9.86. The molecule has 2 heterocycles. The highest BCUT2D eigenvalue weighted by Crippen LogP contribution is 2.41. The minimum Gasteiger partial charge on any atom is -0.228 e. The van der Waals surface area contributed by atoms with Gasteiger partial charge in [-0.25, -0.2) is 9.97 Å². The first-order valence-corrected chi connectivity index (χ1v) is 16.9. The van der Waals surface area contributed by atoms with Crippen molar-refractivity contribution in [2.45, 2.75) is 22.6 Å². The Morgan fingerprint density at radius 3 is 1.94 bits per heavy atom. The molecule has 0 N–H and O–H groups in total. The van der Waals surface area contributed by atoms with E-state index >= 15 is 0 Å². The van der Waals surface area contributed by atoms with Gasteiger partial charge in [0.2, 0.25) is 0 Å². The summed E-state index contributed by atoms with van der Waals surface area (Å²) in [6.07, 6.45) is 6.40. The molecule has 0 saturated heterocycles. The molecule has 0 radical (unpaired) electrons. The summed E-state index contributed by atoms with van der Waals surface area (Å²) >= 11 is 1.84. The predicted molar refractivity (Wildman–Crippen MR) is 196 cm³/mol. The van der Waals surface area contributed by atoms with Gasteiger partial charge in [0, 0.05) is 32.0 Å². The second kappa shape index (κ2) is 11.7. The van der Waals surface area contributed by atoms with Crippen LogP contribution in [-0.4, -0.2) is 9.97 Å². The first-order chi connectivity index (χ1) is 23.3. The van der Waals surface area contributed by atoms with E-state index in [2.05, 4.69) is 158 Å². The normalized spacial score (nSPS) is 12.8. The lowest BCUT2D eigenvalue weighted by Crippen LogP contribution is -2.10. The standard InChI is InChI=1S/C44H30N2S/c1-2-11-33(12-3-1)42-39-26-25-30-9-4-6-15-38(30)43(39)46-44(45-42)34-22-17-29(18-23-34)35-13-8-14-36(27-35)37-24-21-32-20-19-31-10-5-7-16-40(31)47-41(32)28-37/h1-24,27-28H,25-26H2. The van der Waals surface area contributed by atoms with Crippen LogP contribution in [0.1, 0.15) is 22.3 Å². The molecular weight excluding hydrogens is 589 g/mol. The van der Waals surface area contributed by atoms with Crippen LogP contribution < -0.4 is 0 Å². The van der Waals surface area contributed by atoms with E-state index in [0.717, 1.165) is 41.2 Å². The van der Waals surface area contributed by atoms with Gasteiger partial charge in [-0.15, -0.1) is 0 Å². The first-order valence-electron chi connectivity index (χ1n) is 16.1. The van der Waals surface area contributed by atoms with Crippen molar-refractivity contribution in [1.82, 2.24) is 9.97 Å². The minimum atomic E-state index is 0.762. The fraction of sp³-hybridized carbons (Fsp3) is 0.0455. The lowest BCUT2D eigenvalue weighted by molar-refractivity contribution is 0.916. The van der Waals surface area contributed by atoms with Gasteiger partial charge < -0.3 is 0 Å². The summed E-state index contributed by atoms with van der Waals surface area (Å²) in [6, 6.07) is 52.2. The number of fused-ring (bicyclic) bond motifs is 5. The molecule has 0 spiro atoms. The van der Waals surface area contributed by atoms with Crippen molar-refractivity contribution in [2.24, 2.45) is 0 Å². The Hall–Kier alpha value is -5.51. The van der Waals surface area contributed by atoms with Crippen LogP contribution in [0.2, 0.25) is 0 Å². The SMILES string of the molecule is C1=Cc2ccc(-c3cccc(-c4ccc(-c5nc(-c6ccccc6)c6c(n5)-c5ccccc5CC6)cc4)c3)cc2Sc2ccccc21. The van der Waals surface area contributed by atoms with Crippen LogP contribution in [0.3, 0.4) is 0 Å². The van der Waals surface area contributed by atoms with Crippen LogP contribution in [0, 0.1) is 0 Å². The molecule has 1 aliphatic carbocycles. The van der Waals surface area contributed by atoms with E-state index in [1.165, 1.54) is 59.9 Å². The maximum absolute atomic E-state index is 5.21. The molecule has 0 amide bonds. The van der Waals surface area contributed by atoms with Crippen molar-refractivity contribution < 1.29 is 0 Å². The monoisotopic (exact) mass is 618 g/mol. The molecule has 222 valence electrons. The fourth-order valence-corrected chi connectivity index (χ4v) is 7.85. The third kappa shape index (κ3) is 5.19. The Labute approximate surface area is 279 Å². The molecule has 7 aromatic rings. The summed E-state index contributed by atoms with van der Waals surface area (Å²) in [5, 5.41) is 0. The number of rotatable bonds is 4. The molecule has 0 saturated carbocycles. The molecule has 1 aliphatic heterocycles. The van der Waals surface area contributed by atoms with Gasteiger partial charge in [0.05, 0.1) is 11.4 Å². The zero-order valence-electron chi connectivity index (χ0n) is 25.7. The number of aryl methyl sites for hydroxylation is 1. The van der Waals surface area contributed by atoms with Gasteiger partial charge in [0.1, 0.15) is 0 Å². The highest BCUT2D eigenvalue weighted by atomic mass is 32.2. The summed E-state index contributed by atoms with van der Waals surface area (Å²) in [4.78, 5) is 13.0. The zero-order valence-corrected chi connectivity index (χ0v) is 26.5. The van der Waals surface area contributed by atoms with Crippen molar-refractivity contribution >= 4 is 23.9 Å². The molecule has 9 rings (SSSR count). The summed E-state index contributed by atoms with van der Waals surface area (Å²) in [5.41, 5.74) is 15.4. The summed E-state index contributed by atoms with van der Waals surface area (Å²) in [7, 11) is 0. The number of hydrogen-bond acceptors (Lipinski definition) is 3. The van der Waals surface area contributed by atoms with E-state index in [-0.39, 0.29) is 0 Å². The molecular formula is C44H30N2S. The molecule has 1 aromatic heterocycles. The molecule has 2 nitrogen and oxygen atoms in total. The minimum absolute atomic E-state index is 0.762. The van der Waals surface area contributed by atoms with Crippen LogP contribution >= 0.6 is 11.8 Å². The molecule has 0 fully saturated rings. The number of aromatic nitrogens is 2. The van der Waals surface area contributed by atoms with Crippen molar-refractivity contribution in [3.05, 3.63) is 168 Å². The summed E-state index contributed by atoms with van der Waals surface area (Å²) < 4.78 is 0. The molecule has 0 atom stereocenters. The second-order valence-electron chi connectivity index (χ2n) is 12.1. The Morgan fingerprint density at radius 2 is 1.06 bits per heavy atom. The summed E-state index contributed by atoms with van der Waals surface area (Å²) in [6.45, 7) is 0. The van der Waals surface area contributed by atoms with E-state index < -0.39 is 0 Å². The third-order valence-electron chi connectivity index (χ3n) is 9.24. The lowest BCUT2D eigenvalue weighted by Gasteiger charge is -2.22. The number of nitrogens with zero attached hydrogens (tertiary/aromatic N) is 2. The zero-order chi connectivity index (χ0) is 31.2. The summed E-state index contributed by atoms with van der Waals surface area (Å²) in [5.74, 6) is 0.762. The van der Waals surface area contributed by atoms with Gasteiger partial charge in [0.15, 0.2) is 5.82 Å². The first kappa shape index (κ1) is 27.8. The average molecular weight is 619 g/mol. The van der Waals surface area contributed by atoms with Crippen molar-refractivity contribution in [3.63, 3.8) is 0 Å². The highest BCUT2D eigenvalue weighted by Gasteiger charge is 2.23. The van der Waals surface area contributed by atoms with E-state index in [0.29, 0.717) is 0 Å². The molecule has 0 unspecified atom stereocenters. The molecule has 2 aliphatic rings. The van der Waals surface area contributed by atoms with Gasteiger partial charge in [0.25, 0.3) is 0 Å². The average Bonchev–Trinajstić information content (AvgIpc) is 3.34. The Balaban J connectivity index is 1.06. The van der Waals surface area contributed by atoms with Crippen LogP contribution in [0.4, 0.5) is 0 Å². The van der Waals surface area contributed by atoms with E-state index in [9.17, 15) is 0 Å². The van der Waals surface area contributed by atoms with Gasteiger partial charge in [-0.3, -0.25) is 0 Å². The largest absolute Gasteiger partial charge is 0.228 e. The van der Waals surface area contributed by atoms with Gasteiger partial charge >= 0.3 is 0 Å². The quantitative estimate of drug-likeness (QED) is 0.196. The topological polar surface area (TPSA) is 25.8 Å².